The molecule has 1 saturated heterocycles. The highest BCUT2D eigenvalue weighted by molar-refractivity contribution is 5.83. The molecule has 2 aliphatic rings. The van der Waals surface area contributed by atoms with Gasteiger partial charge in [0.1, 0.15) is 29.0 Å². The van der Waals surface area contributed by atoms with Crippen LogP contribution < -0.4 is 5.32 Å². The van der Waals surface area contributed by atoms with Crippen molar-refractivity contribution in [1.82, 2.24) is 34.3 Å². The lowest BCUT2D eigenvalue weighted by molar-refractivity contribution is -0.154. The van der Waals surface area contributed by atoms with Gasteiger partial charge in [-0.15, -0.1) is 0 Å². The fourth-order valence-corrected chi connectivity index (χ4v) is 5.81. The Hall–Kier alpha value is -4.15. The molecule has 13 nitrogen and oxygen atoms in total. The first kappa shape index (κ1) is 34.2. The number of hydrogen-bond donors (Lipinski definition) is 5. The van der Waals surface area contributed by atoms with E-state index in [1.54, 1.807) is 6.07 Å². The Morgan fingerprint density at radius 3 is 2.43 bits per heavy atom. The smallest absolute Gasteiger partial charge is 0.335 e. The van der Waals surface area contributed by atoms with E-state index in [9.17, 15) is 9.18 Å². The number of carbonyl (C=O) groups is 1. The number of aryl methyl sites for hydroxylation is 1. The summed E-state index contributed by atoms with van der Waals surface area (Å²) in [4.78, 5) is 32.2. The molecule has 5 heterocycles. The normalized spacial score (nSPS) is 18.2. The molecule has 4 aromatic rings. The molecular weight excluding hydrogens is 614 g/mol. The summed E-state index contributed by atoms with van der Waals surface area (Å²) in [5.74, 6) is -1.02. The van der Waals surface area contributed by atoms with E-state index in [2.05, 4.69) is 53.5 Å². The number of aliphatic hydroxyl groups excluding tert-OH is 3. The molecular formula is C32H40F2N8O5. The monoisotopic (exact) mass is 654 g/mol. The van der Waals surface area contributed by atoms with Gasteiger partial charge in [-0.1, -0.05) is 13.0 Å². The standard InChI is InChI=1S/C28H32F2N8.C4H8O5/c1-3-36-9-11-37(12-10-36)17-19-7-8-24(31-15-19)33-28-32-16-22(30)26(35-28)20-13-21(29)27-23(14-20)38-18(2)5-4-6-25(38)34-27;5-1-2(6)3(7)4(8)9/h7-8,13-16,18H,3-6,9-12,17H2,1-2H3,(H,31,32,33,35);2-3,5-7H,1H2,(H,8,9)/t18-;2-,3+/m10/s1. The number of fused-ring (bicyclic) bond motifs is 3. The van der Waals surface area contributed by atoms with Crippen molar-refractivity contribution < 1.29 is 34.0 Å². The first-order valence-corrected chi connectivity index (χ1v) is 15.7. The second-order valence-corrected chi connectivity index (χ2v) is 11.8. The number of pyridine rings is 1. The molecule has 2 aliphatic heterocycles. The lowest BCUT2D eigenvalue weighted by Crippen LogP contribution is -2.45. The minimum absolute atomic E-state index is 0.0326. The predicted octanol–water partition coefficient (Wildman–Crippen LogP) is 2.73. The third-order valence-electron chi connectivity index (χ3n) is 8.49. The van der Waals surface area contributed by atoms with Crippen LogP contribution >= 0.6 is 0 Å². The lowest BCUT2D eigenvalue weighted by Gasteiger charge is -2.33. The van der Waals surface area contributed by atoms with Crippen LogP contribution in [-0.4, -0.2) is 112 Å². The maximum Gasteiger partial charge on any atom is 0.335 e. The summed E-state index contributed by atoms with van der Waals surface area (Å²) in [5, 5.41) is 35.9. The average molecular weight is 655 g/mol. The topological polar surface area (TPSA) is 173 Å². The van der Waals surface area contributed by atoms with Crippen LogP contribution in [0.5, 0.6) is 0 Å². The van der Waals surface area contributed by atoms with E-state index in [4.69, 9.17) is 20.4 Å². The molecule has 0 saturated carbocycles. The van der Waals surface area contributed by atoms with Gasteiger partial charge in [0.25, 0.3) is 0 Å². The van der Waals surface area contributed by atoms with E-state index in [1.165, 1.54) is 6.07 Å². The van der Waals surface area contributed by atoms with Crippen LogP contribution in [0.2, 0.25) is 0 Å². The van der Waals surface area contributed by atoms with Gasteiger partial charge in [0.05, 0.1) is 18.3 Å². The highest BCUT2D eigenvalue weighted by Crippen LogP contribution is 2.34. The molecule has 0 unspecified atom stereocenters. The summed E-state index contributed by atoms with van der Waals surface area (Å²) in [6.45, 7) is 9.77. The number of imidazole rings is 1. The molecule has 3 aromatic heterocycles. The van der Waals surface area contributed by atoms with Crippen LogP contribution in [-0.2, 0) is 17.8 Å². The lowest BCUT2D eigenvalue weighted by atomic mass is 10.1. The Balaban J connectivity index is 0.000000424. The number of anilines is 2. The first-order valence-electron chi connectivity index (χ1n) is 15.7. The molecule has 1 aromatic carbocycles. The predicted molar refractivity (Wildman–Crippen MR) is 170 cm³/mol. The summed E-state index contributed by atoms with van der Waals surface area (Å²) in [6.07, 6.45) is 2.29. The van der Waals surface area contributed by atoms with E-state index in [0.717, 1.165) is 76.1 Å². The average Bonchev–Trinajstić information content (AvgIpc) is 3.47. The van der Waals surface area contributed by atoms with Crippen molar-refractivity contribution in [2.45, 2.75) is 57.9 Å². The van der Waals surface area contributed by atoms with Crippen molar-refractivity contribution >= 4 is 28.8 Å². The fourth-order valence-electron chi connectivity index (χ4n) is 5.81. The van der Waals surface area contributed by atoms with Crippen molar-refractivity contribution in [3.05, 3.63) is 59.7 Å². The first-order chi connectivity index (χ1) is 22.6. The Kier molecular flexibility index (Phi) is 11.0. The van der Waals surface area contributed by atoms with Crippen molar-refractivity contribution in [3.8, 4) is 11.3 Å². The summed E-state index contributed by atoms with van der Waals surface area (Å²) in [7, 11) is 0. The zero-order chi connectivity index (χ0) is 33.7. The Morgan fingerprint density at radius 2 is 1.79 bits per heavy atom. The Labute approximate surface area is 270 Å². The molecule has 0 aliphatic carbocycles. The van der Waals surface area contributed by atoms with Gasteiger partial charge in [-0.05, 0) is 50.1 Å². The van der Waals surface area contributed by atoms with Gasteiger partial charge in [-0.3, -0.25) is 4.90 Å². The summed E-state index contributed by atoms with van der Waals surface area (Å²) in [5.41, 5.74) is 2.50. The maximum atomic E-state index is 15.1. The SMILES string of the molecule is CCN1CCN(Cc2ccc(Nc3ncc(F)c(-c4cc(F)c5nc6n(c5c4)[C@H](C)CCC6)n3)nc2)CC1.O=C(O)[C@H](O)[C@@H](O)CO. The van der Waals surface area contributed by atoms with E-state index < -0.39 is 36.4 Å². The minimum atomic E-state index is -1.89. The maximum absolute atomic E-state index is 15.1. The number of aliphatic carboxylic acids is 1. The zero-order valence-electron chi connectivity index (χ0n) is 26.4. The van der Waals surface area contributed by atoms with Crippen molar-refractivity contribution in [3.63, 3.8) is 0 Å². The number of aromatic nitrogens is 5. The molecule has 5 N–H and O–H groups in total. The number of nitrogens with one attached hydrogen (secondary N) is 1. The fraction of sp³-hybridized carbons (Fsp3) is 0.469. The number of piperazine rings is 1. The van der Waals surface area contributed by atoms with Crippen molar-refractivity contribution in [1.29, 1.82) is 0 Å². The number of carboxylic acids is 1. The Morgan fingerprint density at radius 1 is 1.04 bits per heavy atom. The number of nitrogens with zero attached hydrogens (tertiary/aromatic N) is 7. The molecule has 3 atom stereocenters. The number of benzene rings is 1. The molecule has 0 amide bonds. The van der Waals surface area contributed by atoms with Crippen LogP contribution in [0.25, 0.3) is 22.3 Å². The summed E-state index contributed by atoms with van der Waals surface area (Å²) < 4.78 is 32.0. The van der Waals surface area contributed by atoms with Crippen LogP contribution in [0.15, 0.2) is 36.7 Å². The van der Waals surface area contributed by atoms with Crippen LogP contribution in [0.4, 0.5) is 20.5 Å². The van der Waals surface area contributed by atoms with Crippen molar-refractivity contribution in [2.24, 2.45) is 0 Å². The molecule has 1 fully saturated rings. The van der Waals surface area contributed by atoms with Gasteiger partial charge >= 0.3 is 5.97 Å². The zero-order valence-corrected chi connectivity index (χ0v) is 26.4. The number of rotatable bonds is 9. The van der Waals surface area contributed by atoms with Crippen LogP contribution in [0.1, 0.15) is 44.1 Å². The van der Waals surface area contributed by atoms with E-state index in [0.29, 0.717) is 22.4 Å². The number of likely N-dealkylation sites (N-methyl/N-ethyl adjacent to an activating group) is 1. The molecule has 0 spiro atoms. The highest BCUT2D eigenvalue weighted by Gasteiger charge is 2.24. The van der Waals surface area contributed by atoms with E-state index in [-0.39, 0.29) is 17.7 Å². The third-order valence-corrected chi connectivity index (χ3v) is 8.49. The van der Waals surface area contributed by atoms with E-state index in [1.807, 2.05) is 18.3 Å². The molecule has 6 rings (SSSR count). The number of halogens is 2. The van der Waals surface area contributed by atoms with Gasteiger partial charge in [-0.2, -0.15) is 0 Å². The summed E-state index contributed by atoms with van der Waals surface area (Å²) in [6, 6.07) is 7.18. The van der Waals surface area contributed by atoms with Gasteiger partial charge in [0.2, 0.25) is 5.95 Å². The molecule has 0 radical (unpaired) electrons. The minimum Gasteiger partial charge on any atom is -0.479 e. The van der Waals surface area contributed by atoms with Crippen LogP contribution in [0, 0.1) is 11.6 Å². The number of aliphatic hydroxyl groups is 3. The molecule has 252 valence electrons. The number of carboxylic acid groups (broad SMARTS) is 1. The Bertz CT molecular complexity index is 1680. The van der Waals surface area contributed by atoms with Gasteiger partial charge in [-0.25, -0.2) is 33.5 Å². The molecule has 0 bridgehead atoms. The number of hydrogen-bond acceptors (Lipinski definition) is 11. The highest BCUT2D eigenvalue weighted by atomic mass is 19.1. The second-order valence-electron chi connectivity index (χ2n) is 11.8. The van der Waals surface area contributed by atoms with Crippen molar-refractivity contribution in [2.75, 3.05) is 44.6 Å². The van der Waals surface area contributed by atoms with Crippen LogP contribution in [0.3, 0.4) is 0 Å². The summed E-state index contributed by atoms with van der Waals surface area (Å²) >= 11 is 0. The second kappa shape index (κ2) is 15.2. The molecule has 15 heteroatoms. The quantitative estimate of drug-likeness (QED) is 0.179. The third kappa shape index (κ3) is 8.05. The largest absolute Gasteiger partial charge is 0.479 e. The van der Waals surface area contributed by atoms with Gasteiger partial charge in [0, 0.05) is 56.9 Å². The van der Waals surface area contributed by atoms with E-state index >= 15 is 4.39 Å². The molecule has 47 heavy (non-hydrogen) atoms. The van der Waals surface area contributed by atoms with Gasteiger partial charge < -0.3 is 35.2 Å². The van der Waals surface area contributed by atoms with Gasteiger partial charge in [0.15, 0.2) is 17.7 Å².